The molecule has 6 heteroatoms. The van der Waals surface area contributed by atoms with Crippen molar-refractivity contribution in [1.82, 2.24) is 9.97 Å². The zero-order valence-corrected chi connectivity index (χ0v) is 15.5. The fraction of sp³-hybridized carbons (Fsp3) is 0.278. The van der Waals surface area contributed by atoms with Crippen LogP contribution in [0.15, 0.2) is 34.0 Å². The summed E-state index contributed by atoms with van der Waals surface area (Å²) in [7, 11) is 0. The highest BCUT2D eigenvalue weighted by atomic mass is 32.2. The Morgan fingerprint density at radius 2 is 2.04 bits per heavy atom. The lowest BCUT2D eigenvalue weighted by Gasteiger charge is -2.13. The second kappa shape index (κ2) is 7.32. The number of thiazole rings is 1. The zero-order valence-electron chi connectivity index (χ0n) is 13.8. The molecule has 0 radical (unpaired) electrons. The van der Waals surface area contributed by atoms with Gasteiger partial charge in [-0.05, 0) is 32.4 Å². The smallest absolute Gasteiger partial charge is 0.340 e. The van der Waals surface area contributed by atoms with Gasteiger partial charge in [0.15, 0.2) is 0 Å². The number of aromatic nitrogens is 2. The number of ether oxygens (including phenoxy) is 1. The van der Waals surface area contributed by atoms with E-state index in [0.29, 0.717) is 17.9 Å². The standard InChI is InChI=1S/C18H18N2O2S2/c1-4-22-17(21)16-12(3)13-7-5-6-8-14(13)20-15(16)10-24-18-19-11(2)9-23-18/h5-9H,4,10H2,1-3H3. The zero-order chi connectivity index (χ0) is 17.1. The molecule has 0 aliphatic heterocycles. The Morgan fingerprint density at radius 1 is 1.25 bits per heavy atom. The summed E-state index contributed by atoms with van der Waals surface area (Å²) in [5, 5.41) is 3.01. The van der Waals surface area contributed by atoms with Crippen molar-refractivity contribution in [2.45, 2.75) is 30.9 Å². The van der Waals surface area contributed by atoms with Crippen LogP contribution in [0.5, 0.6) is 0 Å². The van der Waals surface area contributed by atoms with Crippen molar-refractivity contribution in [3.05, 3.63) is 52.2 Å². The van der Waals surface area contributed by atoms with Crippen molar-refractivity contribution >= 4 is 40.0 Å². The van der Waals surface area contributed by atoms with E-state index in [1.807, 2.05) is 50.4 Å². The average Bonchev–Trinajstić information content (AvgIpc) is 2.98. The Balaban J connectivity index is 2.02. The summed E-state index contributed by atoms with van der Waals surface area (Å²) in [4.78, 5) is 21.6. The summed E-state index contributed by atoms with van der Waals surface area (Å²) in [6.07, 6.45) is 0. The van der Waals surface area contributed by atoms with Crippen LogP contribution in [0.25, 0.3) is 10.9 Å². The third kappa shape index (κ3) is 3.44. The Kier molecular flexibility index (Phi) is 5.16. The third-order valence-electron chi connectivity index (χ3n) is 3.64. The number of nitrogens with zero attached hydrogens (tertiary/aromatic N) is 2. The lowest BCUT2D eigenvalue weighted by molar-refractivity contribution is 0.0524. The molecule has 3 rings (SSSR count). The molecule has 0 fully saturated rings. The molecular weight excluding hydrogens is 340 g/mol. The molecule has 0 atom stereocenters. The van der Waals surface area contributed by atoms with Crippen LogP contribution in [0.2, 0.25) is 0 Å². The van der Waals surface area contributed by atoms with Gasteiger partial charge in [0.2, 0.25) is 0 Å². The molecule has 0 aliphatic rings. The van der Waals surface area contributed by atoms with E-state index in [4.69, 9.17) is 9.72 Å². The van der Waals surface area contributed by atoms with Gasteiger partial charge in [-0.2, -0.15) is 0 Å². The number of para-hydroxylation sites is 1. The Morgan fingerprint density at radius 3 is 2.75 bits per heavy atom. The maximum absolute atomic E-state index is 12.5. The van der Waals surface area contributed by atoms with E-state index in [2.05, 4.69) is 4.98 Å². The second-order valence-electron chi connectivity index (χ2n) is 5.34. The van der Waals surface area contributed by atoms with E-state index < -0.39 is 0 Å². The highest BCUT2D eigenvalue weighted by Gasteiger charge is 2.20. The molecular formula is C18H18N2O2S2. The van der Waals surface area contributed by atoms with Crippen molar-refractivity contribution in [2.24, 2.45) is 0 Å². The van der Waals surface area contributed by atoms with E-state index in [-0.39, 0.29) is 5.97 Å². The normalized spacial score (nSPS) is 11.0. The average molecular weight is 358 g/mol. The van der Waals surface area contributed by atoms with Gasteiger partial charge >= 0.3 is 5.97 Å². The first kappa shape index (κ1) is 16.9. The number of aryl methyl sites for hydroxylation is 2. The van der Waals surface area contributed by atoms with E-state index in [1.165, 1.54) is 0 Å². The molecule has 1 aromatic carbocycles. The molecule has 0 amide bonds. The number of thioether (sulfide) groups is 1. The molecule has 2 heterocycles. The largest absolute Gasteiger partial charge is 0.462 e. The van der Waals surface area contributed by atoms with Crippen LogP contribution in [-0.2, 0) is 10.5 Å². The Labute approximate surface area is 149 Å². The summed E-state index contributed by atoms with van der Waals surface area (Å²) < 4.78 is 6.23. The molecule has 0 unspecified atom stereocenters. The number of carbonyl (C=O) groups is 1. The maximum Gasteiger partial charge on any atom is 0.340 e. The number of pyridine rings is 1. The molecule has 4 nitrogen and oxygen atoms in total. The van der Waals surface area contributed by atoms with Crippen molar-refractivity contribution in [2.75, 3.05) is 6.61 Å². The molecule has 0 bridgehead atoms. The molecule has 0 spiro atoms. The van der Waals surface area contributed by atoms with Crippen LogP contribution >= 0.6 is 23.1 Å². The van der Waals surface area contributed by atoms with Gasteiger partial charge in [-0.25, -0.2) is 9.78 Å². The van der Waals surface area contributed by atoms with Crippen molar-refractivity contribution in [3.8, 4) is 0 Å². The number of esters is 1. The number of hydrogen-bond donors (Lipinski definition) is 0. The van der Waals surface area contributed by atoms with Crippen molar-refractivity contribution < 1.29 is 9.53 Å². The minimum absolute atomic E-state index is 0.306. The number of benzene rings is 1. The topological polar surface area (TPSA) is 52.1 Å². The second-order valence-corrected chi connectivity index (χ2v) is 7.42. The van der Waals surface area contributed by atoms with Crippen molar-refractivity contribution in [1.29, 1.82) is 0 Å². The van der Waals surface area contributed by atoms with Gasteiger partial charge in [0.25, 0.3) is 0 Å². The van der Waals surface area contributed by atoms with Gasteiger partial charge in [-0.15, -0.1) is 11.3 Å². The number of hydrogen-bond acceptors (Lipinski definition) is 6. The molecule has 2 aromatic heterocycles. The molecule has 24 heavy (non-hydrogen) atoms. The summed E-state index contributed by atoms with van der Waals surface area (Å²) in [5.74, 6) is 0.284. The van der Waals surface area contributed by atoms with Gasteiger partial charge in [0.1, 0.15) is 4.34 Å². The molecule has 124 valence electrons. The summed E-state index contributed by atoms with van der Waals surface area (Å²) in [5.41, 5.74) is 4.16. The molecule has 0 saturated heterocycles. The number of rotatable bonds is 5. The van der Waals surface area contributed by atoms with Gasteiger partial charge in [-0.3, -0.25) is 4.98 Å². The minimum Gasteiger partial charge on any atom is -0.462 e. The van der Waals surface area contributed by atoms with Gasteiger partial charge in [0.05, 0.1) is 23.4 Å². The van der Waals surface area contributed by atoms with E-state index >= 15 is 0 Å². The Hall–Kier alpha value is -1.92. The van der Waals surface area contributed by atoms with Crippen LogP contribution in [-0.4, -0.2) is 22.5 Å². The predicted molar refractivity (Wildman–Crippen MR) is 98.8 cm³/mol. The summed E-state index contributed by atoms with van der Waals surface area (Å²) in [6, 6.07) is 7.87. The van der Waals surface area contributed by atoms with Crippen LogP contribution in [0.3, 0.4) is 0 Å². The molecule has 3 aromatic rings. The Bertz CT molecular complexity index is 890. The third-order valence-corrected chi connectivity index (χ3v) is 5.79. The monoisotopic (exact) mass is 358 g/mol. The predicted octanol–water partition coefficient (Wildman–Crippen LogP) is 4.78. The van der Waals surface area contributed by atoms with Crippen LogP contribution in [0.4, 0.5) is 0 Å². The maximum atomic E-state index is 12.5. The number of fused-ring (bicyclic) bond motifs is 1. The fourth-order valence-electron chi connectivity index (χ4n) is 2.55. The highest BCUT2D eigenvalue weighted by molar-refractivity contribution is 8.00. The first-order valence-corrected chi connectivity index (χ1v) is 9.57. The fourth-order valence-corrected chi connectivity index (χ4v) is 4.34. The quantitative estimate of drug-likeness (QED) is 0.485. The SMILES string of the molecule is CCOC(=O)c1c(CSc2nc(C)cs2)nc2ccccc2c1C. The molecule has 0 aliphatic carbocycles. The van der Waals surface area contributed by atoms with Crippen LogP contribution in [0, 0.1) is 13.8 Å². The lowest BCUT2D eigenvalue weighted by atomic mass is 10.0. The number of carbonyl (C=O) groups excluding carboxylic acids is 1. The highest BCUT2D eigenvalue weighted by Crippen LogP contribution is 2.30. The van der Waals surface area contributed by atoms with E-state index in [0.717, 1.165) is 32.2 Å². The van der Waals surface area contributed by atoms with E-state index in [9.17, 15) is 4.79 Å². The van der Waals surface area contributed by atoms with Gasteiger partial charge in [0, 0.05) is 22.2 Å². The van der Waals surface area contributed by atoms with Crippen molar-refractivity contribution in [3.63, 3.8) is 0 Å². The first-order valence-electron chi connectivity index (χ1n) is 7.70. The summed E-state index contributed by atoms with van der Waals surface area (Å²) in [6.45, 7) is 6.10. The van der Waals surface area contributed by atoms with Gasteiger partial charge in [-0.1, -0.05) is 30.0 Å². The minimum atomic E-state index is -0.306. The van der Waals surface area contributed by atoms with Crippen LogP contribution < -0.4 is 0 Å². The summed E-state index contributed by atoms with van der Waals surface area (Å²) >= 11 is 3.21. The van der Waals surface area contributed by atoms with Gasteiger partial charge < -0.3 is 4.74 Å². The first-order chi connectivity index (χ1) is 11.6. The lowest BCUT2D eigenvalue weighted by Crippen LogP contribution is -2.12. The van der Waals surface area contributed by atoms with E-state index in [1.54, 1.807) is 23.1 Å². The van der Waals surface area contributed by atoms with Crippen LogP contribution in [0.1, 0.15) is 34.2 Å². The molecule has 0 N–H and O–H groups in total. The molecule has 0 saturated carbocycles.